The van der Waals surface area contributed by atoms with Gasteiger partial charge in [-0.3, -0.25) is 0 Å². The van der Waals surface area contributed by atoms with E-state index in [1.807, 2.05) is 0 Å². The summed E-state index contributed by atoms with van der Waals surface area (Å²) in [5.74, 6) is 0.0774. The molecule has 110 valence electrons. The lowest BCUT2D eigenvalue weighted by molar-refractivity contribution is -0.141. The van der Waals surface area contributed by atoms with E-state index < -0.39 is 11.9 Å². The zero-order valence-corrected chi connectivity index (χ0v) is 11.0. The van der Waals surface area contributed by atoms with Crippen molar-refractivity contribution in [1.29, 1.82) is 0 Å². The van der Waals surface area contributed by atoms with Crippen LogP contribution < -0.4 is 10.1 Å². The number of hydrogen-bond donors (Lipinski definition) is 1. The molecule has 0 bridgehead atoms. The summed E-state index contributed by atoms with van der Waals surface area (Å²) >= 11 is 0. The van der Waals surface area contributed by atoms with Crippen LogP contribution in [0.15, 0.2) is 18.2 Å². The van der Waals surface area contributed by atoms with Crippen molar-refractivity contribution in [1.82, 2.24) is 10.3 Å². The van der Waals surface area contributed by atoms with Crippen molar-refractivity contribution in [2.45, 2.75) is 38.0 Å². The first-order valence-electron chi connectivity index (χ1n) is 6.89. The van der Waals surface area contributed by atoms with Gasteiger partial charge in [-0.2, -0.15) is 13.2 Å². The summed E-state index contributed by atoms with van der Waals surface area (Å²) in [6.45, 7) is 2.04. The van der Waals surface area contributed by atoms with E-state index in [1.165, 1.54) is 12.1 Å². The van der Waals surface area contributed by atoms with Gasteiger partial charge in [0.25, 0.3) is 0 Å². The number of nitrogens with one attached hydrogen (secondary N) is 1. The zero-order chi connectivity index (χ0) is 14.2. The van der Waals surface area contributed by atoms with E-state index in [4.69, 9.17) is 4.74 Å². The van der Waals surface area contributed by atoms with Gasteiger partial charge in [0.15, 0.2) is 0 Å². The molecule has 2 aliphatic rings. The highest BCUT2D eigenvalue weighted by atomic mass is 19.4. The van der Waals surface area contributed by atoms with Gasteiger partial charge in [-0.25, -0.2) is 4.98 Å². The predicted molar refractivity (Wildman–Crippen MR) is 67.4 cm³/mol. The minimum atomic E-state index is -4.42. The van der Waals surface area contributed by atoms with E-state index in [0.717, 1.165) is 44.8 Å². The highest BCUT2D eigenvalue weighted by Crippen LogP contribution is 2.49. The van der Waals surface area contributed by atoms with E-state index in [9.17, 15) is 13.2 Å². The Morgan fingerprint density at radius 3 is 2.55 bits per heavy atom. The summed E-state index contributed by atoms with van der Waals surface area (Å²) in [7, 11) is 0. The van der Waals surface area contributed by atoms with Crippen molar-refractivity contribution in [3.63, 3.8) is 0 Å². The zero-order valence-electron chi connectivity index (χ0n) is 11.0. The van der Waals surface area contributed by atoms with Crippen LogP contribution in [-0.4, -0.2) is 24.2 Å². The van der Waals surface area contributed by atoms with Crippen molar-refractivity contribution in [3.05, 3.63) is 23.9 Å². The Bertz CT molecular complexity index is 476. The first-order chi connectivity index (χ1) is 9.47. The van der Waals surface area contributed by atoms with Gasteiger partial charge in [0.05, 0.1) is 0 Å². The fourth-order valence-electron chi connectivity index (χ4n) is 3.16. The summed E-state index contributed by atoms with van der Waals surface area (Å²) in [5.41, 5.74) is -0.553. The number of halogens is 3. The maximum Gasteiger partial charge on any atom is 0.433 e. The summed E-state index contributed by atoms with van der Waals surface area (Å²) in [5, 5.41) is 3.32. The van der Waals surface area contributed by atoms with Crippen LogP contribution in [0.25, 0.3) is 0 Å². The molecule has 2 heterocycles. The molecule has 0 radical (unpaired) electrons. The lowest BCUT2D eigenvalue weighted by Crippen LogP contribution is -2.49. The molecule has 0 amide bonds. The normalized spacial score (nSPS) is 22.6. The largest absolute Gasteiger partial charge is 0.474 e. The molecule has 1 aliphatic carbocycles. The highest BCUT2D eigenvalue weighted by Gasteiger charge is 2.46. The van der Waals surface area contributed by atoms with Gasteiger partial charge in [0.2, 0.25) is 5.88 Å². The lowest BCUT2D eigenvalue weighted by atomic mass is 9.62. The van der Waals surface area contributed by atoms with Gasteiger partial charge < -0.3 is 10.1 Å². The molecule has 1 aromatic rings. The third-order valence-corrected chi connectivity index (χ3v) is 4.29. The molecule has 1 saturated carbocycles. The van der Waals surface area contributed by atoms with Gasteiger partial charge in [-0.15, -0.1) is 0 Å². The monoisotopic (exact) mass is 286 g/mol. The predicted octanol–water partition coefficient (Wildman–Crippen LogP) is 3.01. The van der Waals surface area contributed by atoms with Gasteiger partial charge in [-0.05, 0) is 50.3 Å². The van der Waals surface area contributed by atoms with E-state index in [1.54, 1.807) is 0 Å². The maximum atomic E-state index is 12.6. The molecule has 3 rings (SSSR count). The number of hydrogen-bond acceptors (Lipinski definition) is 3. The van der Waals surface area contributed by atoms with E-state index in [0.29, 0.717) is 5.41 Å². The quantitative estimate of drug-likeness (QED) is 0.907. The Morgan fingerprint density at radius 1 is 1.20 bits per heavy atom. The molecule has 1 N–H and O–H groups in total. The average Bonchev–Trinajstić information content (AvgIpc) is 2.37. The van der Waals surface area contributed by atoms with E-state index >= 15 is 0 Å². The second kappa shape index (κ2) is 4.91. The third-order valence-electron chi connectivity index (χ3n) is 4.29. The Labute approximate surface area is 115 Å². The lowest BCUT2D eigenvalue weighted by Gasteiger charge is -2.49. The maximum absolute atomic E-state index is 12.6. The number of ether oxygens (including phenoxy) is 1. The number of piperidine rings is 1. The van der Waals surface area contributed by atoms with Crippen LogP contribution in [0.4, 0.5) is 13.2 Å². The number of pyridine rings is 1. The number of alkyl halides is 3. The van der Waals surface area contributed by atoms with Crippen molar-refractivity contribution in [2.24, 2.45) is 5.41 Å². The van der Waals surface area contributed by atoms with E-state index in [-0.39, 0.29) is 12.0 Å². The molecule has 0 aromatic carbocycles. The van der Waals surface area contributed by atoms with Crippen molar-refractivity contribution in [2.75, 3.05) is 13.1 Å². The van der Waals surface area contributed by atoms with Crippen LogP contribution in [0.1, 0.15) is 31.4 Å². The van der Waals surface area contributed by atoms with Crippen LogP contribution in [0.2, 0.25) is 0 Å². The van der Waals surface area contributed by atoms with Gasteiger partial charge in [-0.1, -0.05) is 6.07 Å². The Morgan fingerprint density at radius 2 is 1.90 bits per heavy atom. The van der Waals surface area contributed by atoms with Crippen LogP contribution in [-0.2, 0) is 6.18 Å². The molecule has 6 heteroatoms. The van der Waals surface area contributed by atoms with Gasteiger partial charge in [0.1, 0.15) is 11.8 Å². The number of aromatic nitrogens is 1. The molecular formula is C14H17F3N2O. The molecule has 20 heavy (non-hydrogen) atoms. The molecule has 3 nitrogen and oxygen atoms in total. The molecule has 1 aliphatic heterocycles. The fraction of sp³-hybridized carbons (Fsp3) is 0.643. The molecular weight excluding hydrogens is 269 g/mol. The molecule has 0 atom stereocenters. The minimum Gasteiger partial charge on any atom is -0.474 e. The SMILES string of the molecule is FC(F)(F)c1cccc(OC2CC3(CCNCC3)C2)n1. The molecule has 2 fully saturated rings. The summed E-state index contributed by atoms with van der Waals surface area (Å²) in [4.78, 5) is 3.54. The van der Waals surface area contributed by atoms with Crippen molar-refractivity contribution in [3.8, 4) is 5.88 Å². The first-order valence-corrected chi connectivity index (χ1v) is 6.89. The Balaban J connectivity index is 1.60. The third kappa shape index (κ3) is 2.75. The van der Waals surface area contributed by atoms with Crippen molar-refractivity contribution < 1.29 is 17.9 Å². The minimum absolute atomic E-state index is 0.00378. The summed E-state index contributed by atoms with van der Waals surface area (Å²) in [6, 6.07) is 3.79. The Kier molecular flexibility index (Phi) is 3.36. The van der Waals surface area contributed by atoms with E-state index in [2.05, 4.69) is 10.3 Å². The fourth-order valence-corrected chi connectivity index (χ4v) is 3.16. The molecule has 0 unspecified atom stereocenters. The molecule has 1 saturated heterocycles. The van der Waals surface area contributed by atoms with Crippen LogP contribution in [0.5, 0.6) is 5.88 Å². The second-order valence-corrected chi connectivity index (χ2v) is 5.76. The molecule has 1 aromatic heterocycles. The van der Waals surface area contributed by atoms with Crippen LogP contribution >= 0.6 is 0 Å². The highest BCUT2D eigenvalue weighted by molar-refractivity contribution is 5.18. The summed E-state index contributed by atoms with van der Waals surface area (Å²) < 4.78 is 43.3. The second-order valence-electron chi connectivity index (χ2n) is 5.76. The number of nitrogens with zero attached hydrogens (tertiary/aromatic N) is 1. The Hall–Kier alpha value is -1.30. The smallest absolute Gasteiger partial charge is 0.433 e. The molecule has 1 spiro atoms. The first kappa shape index (κ1) is 13.7. The van der Waals surface area contributed by atoms with Gasteiger partial charge in [0, 0.05) is 6.07 Å². The van der Waals surface area contributed by atoms with Gasteiger partial charge >= 0.3 is 6.18 Å². The summed E-state index contributed by atoms with van der Waals surface area (Å²) in [6.07, 6.45) is -0.315. The average molecular weight is 286 g/mol. The standard InChI is InChI=1S/C14H17F3N2O/c15-14(16,17)11-2-1-3-12(19-11)20-10-8-13(9-10)4-6-18-7-5-13/h1-3,10,18H,4-9H2. The topological polar surface area (TPSA) is 34.1 Å². The van der Waals surface area contributed by atoms with Crippen molar-refractivity contribution >= 4 is 0 Å². The number of rotatable bonds is 2. The van der Waals surface area contributed by atoms with Crippen LogP contribution in [0, 0.1) is 5.41 Å². The van der Waals surface area contributed by atoms with Crippen LogP contribution in [0.3, 0.4) is 0 Å².